The van der Waals surface area contributed by atoms with E-state index in [4.69, 9.17) is 41.3 Å². The summed E-state index contributed by atoms with van der Waals surface area (Å²) in [5.41, 5.74) is 8.51. The number of carbonyl (C=O) groups excluding carboxylic acids is 1. The molecule has 15 heteroatoms. The van der Waals surface area contributed by atoms with Crippen LogP contribution < -0.4 is 19.9 Å². The summed E-state index contributed by atoms with van der Waals surface area (Å²) in [5, 5.41) is 28.3. The Morgan fingerprint density at radius 2 is 1.73 bits per heavy atom. The lowest BCUT2D eigenvalue weighted by Gasteiger charge is -2.07. The Kier molecular flexibility index (Phi) is 9.20. The first-order valence-corrected chi connectivity index (χ1v) is 15.2. The normalized spacial score (nSPS) is 11.4. The fraction of sp³-hybridized carbons (Fsp3) is 0.212. The van der Waals surface area contributed by atoms with Gasteiger partial charge in [-0.05, 0) is 79.8 Å². The summed E-state index contributed by atoms with van der Waals surface area (Å²) in [6, 6.07) is 17.8. The maximum Gasteiger partial charge on any atom is 0.342 e. The molecule has 0 aliphatic heterocycles. The molecule has 3 heterocycles. The van der Waals surface area contributed by atoms with Crippen LogP contribution in [0.15, 0.2) is 81.5 Å². The summed E-state index contributed by atoms with van der Waals surface area (Å²) in [4.78, 5) is 13.1. The monoisotopic (exact) mass is 669 g/mol. The molecule has 0 saturated carbocycles. The third kappa shape index (κ3) is 6.48. The zero-order valence-electron chi connectivity index (χ0n) is 26.2. The number of hydrogen-bond acceptors (Lipinski definition) is 11. The van der Waals surface area contributed by atoms with Crippen molar-refractivity contribution in [3.8, 4) is 34.5 Å². The van der Waals surface area contributed by atoms with E-state index in [1.807, 2.05) is 18.2 Å². The van der Waals surface area contributed by atoms with Crippen LogP contribution in [0.1, 0.15) is 23.0 Å². The van der Waals surface area contributed by atoms with E-state index in [9.17, 15) is 9.90 Å². The number of esters is 1. The minimum absolute atomic E-state index is 0.103. The molecule has 0 aliphatic carbocycles. The Labute approximate surface area is 279 Å². The number of benzene rings is 3. The number of nitrogens with two attached hydrogens (primary N) is 1. The lowest BCUT2D eigenvalue weighted by molar-refractivity contribution is 0.0528. The topological polar surface area (TPSA) is 174 Å². The van der Waals surface area contributed by atoms with Crippen molar-refractivity contribution in [2.45, 2.75) is 26.6 Å². The largest absolute Gasteiger partial charge is 0.497 e. The first kappa shape index (κ1) is 32.0. The summed E-state index contributed by atoms with van der Waals surface area (Å²) in [5.74, 6) is 1.57. The van der Waals surface area contributed by atoms with Crippen molar-refractivity contribution in [1.82, 2.24) is 19.6 Å². The average molecular weight is 670 g/mol. The molecule has 0 amide bonds. The van der Waals surface area contributed by atoms with Gasteiger partial charge in [0.15, 0.2) is 5.69 Å². The number of azo groups is 1. The third-order valence-electron chi connectivity index (χ3n) is 7.48. The standard InChI is InChI=1S/C33H31N7O7S/c1-4-45-32(42)28-25-16-23(10-12-27(25)47-30(28)19-5-7-21(43-2)8-6-19)46-18-20-17-39(38-35-20)13-14-40-26-11-9-22(44-3)15-24(26)29(31(40)41)36-37-33(34)48/h5-12,15-17,41H,4,13-14,18H2,1-3H3,(H2,34,48). The van der Waals surface area contributed by atoms with E-state index in [0.717, 1.165) is 0 Å². The number of methoxy groups -OCH3 is 2. The van der Waals surface area contributed by atoms with Crippen LogP contribution in [-0.2, 0) is 24.4 Å². The molecule has 3 N–H and O–H groups in total. The van der Waals surface area contributed by atoms with Crippen molar-refractivity contribution < 1.29 is 33.3 Å². The molecule has 246 valence electrons. The highest BCUT2D eigenvalue weighted by Gasteiger charge is 2.24. The predicted octanol–water partition coefficient (Wildman–Crippen LogP) is 6.15. The Balaban J connectivity index is 1.19. The number of aryl methyl sites for hydroxylation is 2. The Morgan fingerprint density at radius 3 is 2.46 bits per heavy atom. The van der Waals surface area contributed by atoms with E-state index in [0.29, 0.717) is 74.8 Å². The van der Waals surface area contributed by atoms with E-state index in [-0.39, 0.29) is 29.9 Å². The van der Waals surface area contributed by atoms with Gasteiger partial charge in [0.2, 0.25) is 11.0 Å². The van der Waals surface area contributed by atoms with E-state index in [1.165, 1.54) is 0 Å². The van der Waals surface area contributed by atoms with E-state index in [1.54, 1.807) is 79.1 Å². The molecule has 0 radical (unpaired) electrons. The number of thiocarbonyl (C=S) groups is 1. The summed E-state index contributed by atoms with van der Waals surface area (Å²) >= 11 is 4.81. The lowest BCUT2D eigenvalue weighted by Crippen LogP contribution is -2.07. The molecule has 48 heavy (non-hydrogen) atoms. The van der Waals surface area contributed by atoms with Crippen LogP contribution in [0.2, 0.25) is 0 Å². The van der Waals surface area contributed by atoms with Gasteiger partial charge in [-0.1, -0.05) is 5.21 Å². The molecule has 0 saturated heterocycles. The molecule has 0 spiro atoms. The van der Waals surface area contributed by atoms with Gasteiger partial charge in [0, 0.05) is 22.9 Å². The molecule has 0 aliphatic rings. The van der Waals surface area contributed by atoms with Crippen LogP contribution in [0.4, 0.5) is 5.69 Å². The minimum Gasteiger partial charge on any atom is -0.497 e. The number of aromatic nitrogens is 4. The first-order chi connectivity index (χ1) is 23.3. The van der Waals surface area contributed by atoms with Crippen LogP contribution in [0.5, 0.6) is 23.1 Å². The highest BCUT2D eigenvalue weighted by atomic mass is 32.1. The highest BCUT2D eigenvalue weighted by molar-refractivity contribution is 7.80. The second-order valence-electron chi connectivity index (χ2n) is 10.4. The molecular formula is C33H31N7O7S. The highest BCUT2D eigenvalue weighted by Crippen LogP contribution is 2.41. The summed E-state index contributed by atoms with van der Waals surface area (Å²) < 4.78 is 31.4. The van der Waals surface area contributed by atoms with Gasteiger partial charge >= 0.3 is 5.97 Å². The van der Waals surface area contributed by atoms with Gasteiger partial charge in [-0.3, -0.25) is 4.68 Å². The quantitative estimate of drug-likeness (QED) is 0.0869. The number of furan rings is 1. The number of aromatic hydroxyl groups is 1. The van der Waals surface area contributed by atoms with Gasteiger partial charge in [0.1, 0.15) is 46.5 Å². The van der Waals surface area contributed by atoms with Gasteiger partial charge in [-0.25, -0.2) is 4.79 Å². The molecule has 3 aromatic carbocycles. The number of nitrogens with zero attached hydrogens (tertiary/aromatic N) is 6. The minimum atomic E-state index is -0.499. The van der Waals surface area contributed by atoms with Crippen LogP contribution in [0.3, 0.4) is 0 Å². The third-order valence-corrected chi connectivity index (χ3v) is 7.56. The van der Waals surface area contributed by atoms with Crippen LogP contribution in [0, 0.1) is 0 Å². The number of fused-ring (bicyclic) bond motifs is 2. The summed E-state index contributed by atoms with van der Waals surface area (Å²) in [6.07, 6.45) is 1.75. The summed E-state index contributed by atoms with van der Waals surface area (Å²) in [6.45, 7) is 2.79. The van der Waals surface area contributed by atoms with Crippen molar-refractivity contribution in [1.29, 1.82) is 0 Å². The fourth-order valence-electron chi connectivity index (χ4n) is 5.25. The first-order valence-electron chi connectivity index (χ1n) is 14.8. The van der Waals surface area contributed by atoms with Crippen LogP contribution in [0.25, 0.3) is 33.2 Å². The second-order valence-corrected chi connectivity index (χ2v) is 10.8. The van der Waals surface area contributed by atoms with Gasteiger partial charge in [-0.2, -0.15) is 0 Å². The molecule has 0 fully saturated rings. The molecular weight excluding hydrogens is 638 g/mol. The van der Waals surface area contributed by atoms with Gasteiger partial charge in [0.25, 0.3) is 0 Å². The van der Waals surface area contributed by atoms with Crippen molar-refractivity contribution in [2.75, 3.05) is 20.8 Å². The smallest absolute Gasteiger partial charge is 0.342 e. The van der Waals surface area contributed by atoms with Crippen molar-refractivity contribution in [3.05, 3.63) is 78.1 Å². The van der Waals surface area contributed by atoms with E-state index in [2.05, 4.69) is 20.5 Å². The summed E-state index contributed by atoms with van der Waals surface area (Å²) in [7, 11) is 3.14. The van der Waals surface area contributed by atoms with Crippen molar-refractivity contribution in [3.63, 3.8) is 0 Å². The number of hydrogen-bond donors (Lipinski definition) is 2. The zero-order valence-corrected chi connectivity index (χ0v) is 27.1. The zero-order chi connectivity index (χ0) is 33.8. The molecule has 0 bridgehead atoms. The number of rotatable bonds is 12. The SMILES string of the molecule is CCOC(=O)c1c(-c2ccc(OC)cc2)oc2ccc(OCc3cn(CCn4c(O)c(N=NC(N)=S)c5cc(OC)ccc54)nn3)cc12. The van der Waals surface area contributed by atoms with Gasteiger partial charge < -0.3 is 38.8 Å². The maximum absolute atomic E-state index is 13.1. The van der Waals surface area contributed by atoms with Gasteiger partial charge in [-0.15, -0.1) is 15.3 Å². The second kappa shape index (κ2) is 13.8. The molecule has 0 atom stereocenters. The van der Waals surface area contributed by atoms with Crippen molar-refractivity contribution >= 4 is 50.9 Å². The average Bonchev–Trinajstić information content (AvgIpc) is 3.78. The van der Waals surface area contributed by atoms with Gasteiger partial charge in [0.05, 0.1) is 39.1 Å². The molecule has 3 aromatic heterocycles. The maximum atomic E-state index is 13.1. The Bertz CT molecular complexity index is 2150. The van der Waals surface area contributed by atoms with Crippen molar-refractivity contribution in [2.24, 2.45) is 16.0 Å². The van der Waals surface area contributed by atoms with Crippen LogP contribution in [-0.4, -0.2) is 56.6 Å². The Hall–Kier alpha value is -5.96. The Morgan fingerprint density at radius 1 is 1.00 bits per heavy atom. The fourth-order valence-corrected chi connectivity index (χ4v) is 5.29. The van der Waals surface area contributed by atoms with E-state index >= 15 is 0 Å². The molecule has 6 aromatic rings. The molecule has 14 nitrogen and oxygen atoms in total. The molecule has 6 rings (SSSR count). The van der Waals surface area contributed by atoms with E-state index < -0.39 is 5.97 Å². The molecule has 0 unspecified atom stereocenters. The number of ether oxygens (including phenoxy) is 4. The predicted molar refractivity (Wildman–Crippen MR) is 180 cm³/mol. The van der Waals surface area contributed by atoms with Crippen LogP contribution >= 0.6 is 12.2 Å². The lowest BCUT2D eigenvalue weighted by atomic mass is 10.1. The number of carbonyl (C=O) groups is 1.